The van der Waals surface area contributed by atoms with Gasteiger partial charge in [-0.3, -0.25) is 14.4 Å². The Hall–Kier alpha value is -3.36. The van der Waals surface area contributed by atoms with Crippen LogP contribution < -0.4 is 4.90 Å². The summed E-state index contributed by atoms with van der Waals surface area (Å²) < 4.78 is 23.5. The van der Waals surface area contributed by atoms with Crippen molar-refractivity contribution >= 4 is 23.5 Å². The summed E-state index contributed by atoms with van der Waals surface area (Å²) in [5, 5.41) is 0. The van der Waals surface area contributed by atoms with Gasteiger partial charge in [-0.25, -0.2) is 4.39 Å². The third-order valence-electron chi connectivity index (χ3n) is 6.01. The van der Waals surface area contributed by atoms with Gasteiger partial charge in [-0.15, -0.1) is 0 Å². The van der Waals surface area contributed by atoms with Crippen LogP contribution in [-0.4, -0.2) is 73.5 Å². The van der Waals surface area contributed by atoms with Crippen LogP contribution in [0.4, 0.5) is 10.1 Å². The van der Waals surface area contributed by atoms with Crippen molar-refractivity contribution < 1.29 is 27.9 Å². The summed E-state index contributed by atoms with van der Waals surface area (Å²) in [6.45, 7) is 2.90. The maximum Gasteiger partial charge on any atom is 0.309 e. The maximum absolute atomic E-state index is 13.1. The summed E-state index contributed by atoms with van der Waals surface area (Å²) in [4.78, 5) is 42.6. The molecule has 2 aromatic rings. The smallest absolute Gasteiger partial charge is 0.309 e. The molecule has 0 saturated carbocycles. The van der Waals surface area contributed by atoms with E-state index in [1.165, 1.54) is 18.4 Å². The highest BCUT2D eigenvalue weighted by atomic mass is 19.1. The molecule has 0 spiro atoms. The molecule has 2 fully saturated rings. The molecule has 2 aliphatic heterocycles. The van der Waals surface area contributed by atoms with Crippen LogP contribution in [0.5, 0.6) is 0 Å². The minimum absolute atomic E-state index is 0.184. The van der Waals surface area contributed by atoms with Gasteiger partial charge in [0.1, 0.15) is 5.82 Å². The van der Waals surface area contributed by atoms with Crippen LogP contribution in [0, 0.1) is 11.7 Å². The zero-order chi connectivity index (χ0) is 22.5. The fraction of sp³-hybridized carbons (Fsp3) is 0.435. The molecule has 2 aliphatic rings. The number of anilines is 1. The number of rotatable bonds is 5. The fourth-order valence-electron chi connectivity index (χ4n) is 4.08. The largest absolute Gasteiger partial charge is 0.459 e. The monoisotopic (exact) mass is 443 g/mol. The Balaban J connectivity index is 1.17. The summed E-state index contributed by atoms with van der Waals surface area (Å²) in [6.07, 6.45) is 2.45. The number of carbonyl (C=O) groups excluding carboxylic acids is 3. The van der Waals surface area contributed by atoms with Gasteiger partial charge in [-0.05, 0) is 49.2 Å². The van der Waals surface area contributed by atoms with Gasteiger partial charge in [0.05, 0.1) is 12.2 Å². The van der Waals surface area contributed by atoms with E-state index in [0.29, 0.717) is 52.1 Å². The first kappa shape index (κ1) is 21.9. The molecule has 0 bridgehead atoms. The van der Waals surface area contributed by atoms with Crippen molar-refractivity contribution in [2.24, 2.45) is 5.92 Å². The number of piperidine rings is 1. The Morgan fingerprint density at radius 3 is 2.25 bits per heavy atom. The molecule has 9 heteroatoms. The van der Waals surface area contributed by atoms with Gasteiger partial charge in [-0.1, -0.05) is 0 Å². The van der Waals surface area contributed by atoms with Crippen molar-refractivity contribution in [2.75, 3.05) is 50.8 Å². The van der Waals surface area contributed by atoms with Crippen LogP contribution in [0.1, 0.15) is 23.4 Å². The van der Waals surface area contributed by atoms with Gasteiger partial charge >= 0.3 is 5.97 Å². The highest BCUT2D eigenvalue weighted by Crippen LogP contribution is 2.21. The second-order valence-electron chi connectivity index (χ2n) is 8.00. The van der Waals surface area contributed by atoms with Gasteiger partial charge in [0.25, 0.3) is 11.8 Å². The summed E-state index contributed by atoms with van der Waals surface area (Å²) >= 11 is 0. The molecule has 3 heterocycles. The summed E-state index contributed by atoms with van der Waals surface area (Å²) in [7, 11) is 0. The number of carbonyl (C=O) groups is 3. The van der Waals surface area contributed by atoms with Crippen LogP contribution >= 0.6 is 0 Å². The van der Waals surface area contributed by atoms with Crippen molar-refractivity contribution in [2.45, 2.75) is 12.8 Å². The molecule has 8 nitrogen and oxygen atoms in total. The number of amides is 2. The minimum atomic E-state index is -0.395. The zero-order valence-electron chi connectivity index (χ0n) is 17.7. The summed E-state index contributed by atoms with van der Waals surface area (Å²) in [6, 6.07) is 9.57. The number of piperazine rings is 1. The van der Waals surface area contributed by atoms with Gasteiger partial charge < -0.3 is 23.9 Å². The van der Waals surface area contributed by atoms with E-state index in [1.54, 1.807) is 34.1 Å². The number of likely N-dealkylation sites (tertiary alicyclic amines) is 1. The summed E-state index contributed by atoms with van der Waals surface area (Å²) in [5.41, 5.74) is 0.918. The number of hydrogen-bond acceptors (Lipinski definition) is 6. The first-order valence-corrected chi connectivity index (χ1v) is 10.8. The molecule has 0 N–H and O–H groups in total. The van der Waals surface area contributed by atoms with E-state index in [-0.39, 0.29) is 35.9 Å². The molecule has 0 atom stereocenters. The molecule has 1 aromatic heterocycles. The molecule has 0 radical (unpaired) electrons. The predicted octanol–water partition coefficient (Wildman–Crippen LogP) is 2.16. The lowest BCUT2D eigenvalue weighted by atomic mass is 9.97. The molecule has 2 amide bonds. The average Bonchev–Trinajstić information content (AvgIpc) is 3.38. The zero-order valence-corrected chi connectivity index (χ0v) is 17.7. The number of ether oxygens (including phenoxy) is 1. The van der Waals surface area contributed by atoms with Gasteiger partial charge in [-0.2, -0.15) is 0 Å². The van der Waals surface area contributed by atoms with Gasteiger partial charge in [0.2, 0.25) is 0 Å². The van der Waals surface area contributed by atoms with Crippen molar-refractivity contribution in [3.05, 3.63) is 54.2 Å². The lowest BCUT2D eigenvalue weighted by molar-refractivity contribution is -0.156. The van der Waals surface area contributed by atoms with Gasteiger partial charge in [0.15, 0.2) is 12.4 Å². The summed E-state index contributed by atoms with van der Waals surface area (Å²) in [5.74, 6) is -1.11. The number of hydrogen-bond donors (Lipinski definition) is 0. The first-order chi connectivity index (χ1) is 15.5. The highest BCUT2D eigenvalue weighted by molar-refractivity contribution is 5.91. The van der Waals surface area contributed by atoms with E-state index in [2.05, 4.69) is 4.90 Å². The normalized spacial score (nSPS) is 17.3. The second kappa shape index (κ2) is 9.84. The Morgan fingerprint density at radius 2 is 1.62 bits per heavy atom. The quantitative estimate of drug-likeness (QED) is 0.659. The molecule has 1 aromatic carbocycles. The van der Waals surface area contributed by atoms with E-state index in [0.717, 1.165) is 5.69 Å². The number of halogens is 1. The molecular weight excluding hydrogens is 417 g/mol. The molecule has 2 saturated heterocycles. The number of nitrogens with zero attached hydrogens (tertiary/aromatic N) is 3. The number of esters is 1. The topological polar surface area (TPSA) is 83.3 Å². The van der Waals surface area contributed by atoms with Crippen molar-refractivity contribution in [1.82, 2.24) is 9.80 Å². The SMILES string of the molecule is O=C(OCC(=O)N1CCN(c2ccc(F)cc2)CC1)C1CCN(C(=O)c2ccco2)CC1. The van der Waals surface area contributed by atoms with E-state index in [9.17, 15) is 18.8 Å². The van der Waals surface area contributed by atoms with Crippen molar-refractivity contribution in [3.8, 4) is 0 Å². The van der Waals surface area contributed by atoms with E-state index < -0.39 is 5.97 Å². The van der Waals surface area contributed by atoms with E-state index in [4.69, 9.17) is 9.15 Å². The Kier molecular flexibility index (Phi) is 6.72. The molecular formula is C23H26FN3O5. The standard InChI is InChI=1S/C23H26FN3O5/c24-18-3-5-19(6-4-18)25-11-13-26(14-12-25)21(28)16-32-23(30)17-7-9-27(10-8-17)22(29)20-2-1-15-31-20/h1-6,15,17H,7-14,16H2. The van der Waals surface area contributed by atoms with E-state index in [1.807, 2.05) is 0 Å². The molecule has 32 heavy (non-hydrogen) atoms. The molecule has 4 rings (SSSR count). The number of furan rings is 1. The third kappa shape index (κ3) is 5.09. The minimum Gasteiger partial charge on any atom is -0.459 e. The van der Waals surface area contributed by atoms with Crippen LogP contribution in [-0.2, 0) is 14.3 Å². The Labute approximate surface area is 185 Å². The lowest BCUT2D eigenvalue weighted by Crippen LogP contribution is -2.50. The molecule has 0 aliphatic carbocycles. The molecule has 170 valence electrons. The predicted molar refractivity (Wildman–Crippen MR) is 113 cm³/mol. The van der Waals surface area contributed by atoms with Crippen molar-refractivity contribution in [3.63, 3.8) is 0 Å². The number of benzene rings is 1. The maximum atomic E-state index is 13.1. The van der Waals surface area contributed by atoms with Crippen LogP contribution in [0.2, 0.25) is 0 Å². The van der Waals surface area contributed by atoms with Crippen LogP contribution in [0.15, 0.2) is 47.1 Å². The van der Waals surface area contributed by atoms with Gasteiger partial charge in [0, 0.05) is 45.0 Å². The first-order valence-electron chi connectivity index (χ1n) is 10.8. The lowest BCUT2D eigenvalue weighted by Gasteiger charge is -2.36. The average molecular weight is 443 g/mol. The van der Waals surface area contributed by atoms with Crippen LogP contribution in [0.3, 0.4) is 0 Å². The molecule has 0 unspecified atom stereocenters. The second-order valence-corrected chi connectivity index (χ2v) is 8.00. The van der Waals surface area contributed by atoms with E-state index >= 15 is 0 Å². The van der Waals surface area contributed by atoms with Crippen LogP contribution in [0.25, 0.3) is 0 Å². The Bertz CT molecular complexity index is 931. The third-order valence-corrected chi connectivity index (χ3v) is 6.01. The highest BCUT2D eigenvalue weighted by Gasteiger charge is 2.30. The van der Waals surface area contributed by atoms with Crippen molar-refractivity contribution in [1.29, 1.82) is 0 Å². The Morgan fingerprint density at radius 1 is 0.938 bits per heavy atom. The fourth-order valence-corrected chi connectivity index (χ4v) is 4.08.